The van der Waals surface area contributed by atoms with Gasteiger partial charge in [0.15, 0.2) is 0 Å². The molecular weight excluding hydrogens is 322 g/mol. The monoisotopic (exact) mass is 335 g/mol. The molecule has 0 spiro atoms. The Morgan fingerprint density at radius 2 is 2.30 bits per heavy atom. The van der Waals surface area contributed by atoms with Gasteiger partial charge in [-0.15, -0.1) is 0 Å². The maximum absolute atomic E-state index is 12.3. The van der Waals surface area contributed by atoms with Crippen molar-refractivity contribution >= 4 is 21.8 Å². The number of aromatic nitrogens is 2. The van der Waals surface area contributed by atoms with Crippen LogP contribution >= 0.6 is 15.9 Å². The molecule has 1 aliphatic heterocycles. The van der Waals surface area contributed by atoms with E-state index >= 15 is 0 Å². The number of aliphatic hydroxyl groups is 1. The Morgan fingerprint density at radius 1 is 1.45 bits per heavy atom. The third kappa shape index (κ3) is 2.62. The number of carbonyl (C=O) groups excluding carboxylic acids is 1. The van der Waals surface area contributed by atoms with Gasteiger partial charge in [0.2, 0.25) is 0 Å². The van der Waals surface area contributed by atoms with Gasteiger partial charge in [-0.05, 0) is 24.6 Å². The molecule has 1 saturated heterocycles. The number of rotatable bonds is 2. The van der Waals surface area contributed by atoms with Crippen molar-refractivity contribution in [2.45, 2.75) is 12.5 Å². The molecule has 1 fully saturated rings. The van der Waals surface area contributed by atoms with Gasteiger partial charge in [0, 0.05) is 23.8 Å². The van der Waals surface area contributed by atoms with Crippen molar-refractivity contribution < 1.29 is 9.90 Å². The molecule has 2 aromatic rings. The first-order valence-electron chi connectivity index (χ1n) is 6.41. The first kappa shape index (κ1) is 13.3. The minimum Gasteiger partial charge on any atom is -0.391 e. The highest BCUT2D eigenvalue weighted by atomic mass is 79.9. The molecule has 1 amide bonds. The number of hydrogen-bond donors (Lipinski definition) is 1. The van der Waals surface area contributed by atoms with Crippen LogP contribution in [0.4, 0.5) is 0 Å². The Morgan fingerprint density at radius 3 is 3.00 bits per heavy atom. The second-order valence-corrected chi connectivity index (χ2v) is 5.76. The van der Waals surface area contributed by atoms with Crippen LogP contribution in [0, 0.1) is 0 Å². The van der Waals surface area contributed by atoms with E-state index in [-0.39, 0.29) is 5.91 Å². The van der Waals surface area contributed by atoms with Crippen LogP contribution in [0.1, 0.15) is 16.8 Å². The molecule has 1 N–H and O–H groups in total. The predicted molar refractivity (Wildman–Crippen MR) is 77.8 cm³/mol. The first-order chi connectivity index (χ1) is 9.63. The summed E-state index contributed by atoms with van der Waals surface area (Å²) in [5, 5.41) is 13.7. The number of nitrogens with zero attached hydrogens (tertiary/aromatic N) is 3. The lowest BCUT2D eigenvalue weighted by Crippen LogP contribution is -2.29. The molecule has 1 aromatic heterocycles. The summed E-state index contributed by atoms with van der Waals surface area (Å²) in [4.78, 5) is 13.9. The molecule has 0 saturated carbocycles. The fraction of sp³-hybridized carbons (Fsp3) is 0.286. The van der Waals surface area contributed by atoms with E-state index in [1.165, 1.54) is 0 Å². The average molecular weight is 336 g/mol. The molecule has 6 heteroatoms. The Kier molecular flexibility index (Phi) is 3.58. The summed E-state index contributed by atoms with van der Waals surface area (Å²) in [7, 11) is 0. The molecule has 1 aromatic carbocycles. The molecule has 0 radical (unpaired) electrons. The highest BCUT2D eigenvalue weighted by Gasteiger charge is 2.26. The number of aliphatic hydroxyl groups excluding tert-OH is 1. The second kappa shape index (κ2) is 5.38. The van der Waals surface area contributed by atoms with Crippen molar-refractivity contribution in [3.05, 3.63) is 46.7 Å². The van der Waals surface area contributed by atoms with Crippen molar-refractivity contribution in [3.63, 3.8) is 0 Å². The minimum absolute atomic E-state index is 0.0807. The van der Waals surface area contributed by atoms with Crippen LogP contribution in [0.5, 0.6) is 0 Å². The number of carbonyl (C=O) groups is 1. The molecular formula is C14H14BrN3O2. The van der Waals surface area contributed by atoms with Gasteiger partial charge in [0.05, 0.1) is 23.6 Å². The van der Waals surface area contributed by atoms with E-state index < -0.39 is 6.10 Å². The van der Waals surface area contributed by atoms with Gasteiger partial charge >= 0.3 is 0 Å². The van der Waals surface area contributed by atoms with Crippen LogP contribution in [0.15, 0.2) is 41.1 Å². The van der Waals surface area contributed by atoms with Crippen molar-refractivity contribution in [2.75, 3.05) is 13.1 Å². The zero-order valence-electron chi connectivity index (χ0n) is 10.7. The Hall–Kier alpha value is -1.66. The number of amides is 1. The Bertz CT molecular complexity index is 641. The summed E-state index contributed by atoms with van der Waals surface area (Å²) in [5.41, 5.74) is 1.43. The fourth-order valence-electron chi connectivity index (χ4n) is 2.30. The van der Waals surface area contributed by atoms with E-state index in [0.29, 0.717) is 25.1 Å². The number of benzene rings is 1. The zero-order valence-corrected chi connectivity index (χ0v) is 12.3. The molecule has 1 atom stereocenters. The van der Waals surface area contributed by atoms with E-state index in [1.54, 1.807) is 22.0 Å². The summed E-state index contributed by atoms with van der Waals surface area (Å²) in [6.45, 7) is 1.00. The number of hydrogen-bond acceptors (Lipinski definition) is 3. The molecule has 0 unspecified atom stereocenters. The summed E-state index contributed by atoms with van der Waals surface area (Å²) < 4.78 is 2.63. The summed E-state index contributed by atoms with van der Waals surface area (Å²) in [5.74, 6) is -0.0807. The number of β-amino-alcohol motifs (C(OH)–C–C–N with tert-alkyl or cyclic N) is 1. The molecule has 0 aliphatic carbocycles. The van der Waals surface area contributed by atoms with E-state index in [4.69, 9.17) is 0 Å². The maximum Gasteiger partial charge on any atom is 0.257 e. The van der Waals surface area contributed by atoms with Crippen LogP contribution in [0.25, 0.3) is 5.69 Å². The van der Waals surface area contributed by atoms with E-state index in [9.17, 15) is 9.90 Å². The van der Waals surface area contributed by atoms with Crippen molar-refractivity contribution in [3.8, 4) is 5.69 Å². The van der Waals surface area contributed by atoms with E-state index in [0.717, 1.165) is 10.2 Å². The first-order valence-corrected chi connectivity index (χ1v) is 7.21. The van der Waals surface area contributed by atoms with Gasteiger partial charge in [-0.3, -0.25) is 4.79 Å². The van der Waals surface area contributed by atoms with Gasteiger partial charge in [-0.2, -0.15) is 5.10 Å². The number of halogens is 1. The van der Waals surface area contributed by atoms with Crippen molar-refractivity contribution in [1.82, 2.24) is 14.7 Å². The quantitative estimate of drug-likeness (QED) is 0.911. The standard InChI is InChI=1S/C14H14BrN3O2/c15-11-2-1-3-12(6-11)18-8-10(7-16-18)14(20)17-5-4-13(19)9-17/h1-3,6-8,13,19H,4-5,9H2/t13-/m1/s1. The Labute approximate surface area is 124 Å². The lowest BCUT2D eigenvalue weighted by Gasteiger charge is -2.13. The predicted octanol–water partition coefficient (Wildman–Crippen LogP) is 1.84. The average Bonchev–Trinajstić information content (AvgIpc) is 3.07. The summed E-state index contributed by atoms with van der Waals surface area (Å²) in [6.07, 6.45) is 3.52. The van der Waals surface area contributed by atoms with Gasteiger partial charge in [0.25, 0.3) is 5.91 Å². The zero-order chi connectivity index (χ0) is 14.1. The highest BCUT2D eigenvalue weighted by molar-refractivity contribution is 9.10. The van der Waals surface area contributed by atoms with Gasteiger partial charge in [-0.25, -0.2) is 4.68 Å². The molecule has 20 heavy (non-hydrogen) atoms. The third-order valence-corrected chi connectivity index (χ3v) is 3.85. The molecule has 0 bridgehead atoms. The normalized spacial score (nSPS) is 18.5. The number of likely N-dealkylation sites (tertiary alicyclic amines) is 1. The third-order valence-electron chi connectivity index (χ3n) is 3.35. The summed E-state index contributed by atoms with van der Waals surface area (Å²) >= 11 is 3.41. The second-order valence-electron chi connectivity index (χ2n) is 4.85. The van der Waals surface area contributed by atoms with Crippen molar-refractivity contribution in [1.29, 1.82) is 0 Å². The van der Waals surface area contributed by atoms with Crippen molar-refractivity contribution in [2.24, 2.45) is 0 Å². The topological polar surface area (TPSA) is 58.4 Å². The molecule has 3 rings (SSSR count). The molecule has 104 valence electrons. The van der Waals surface area contributed by atoms with E-state index in [2.05, 4.69) is 21.0 Å². The maximum atomic E-state index is 12.3. The lowest BCUT2D eigenvalue weighted by atomic mass is 10.3. The molecule has 1 aliphatic rings. The van der Waals surface area contributed by atoms with Crippen LogP contribution in [-0.4, -0.2) is 44.9 Å². The SMILES string of the molecule is O=C(c1cnn(-c2cccc(Br)c2)c1)N1CC[C@@H](O)C1. The smallest absolute Gasteiger partial charge is 0.257 e. The van der Waals surface area contributed by atoms with Crippen LogP contribution < -0.4 is 0 Å². The van der Waals surface area contributed by atoms with Crippen LogP contribution in [0.3, 0.4) is 0 Å². The van der Waals surface area contributed by atoms with Gasteiger partial charge in [-0.1, -0.05) is 22.0 Å². The molecule has 5 nitrogen and oxygen atoms in total. The van der Waals surface area contributed by atoms with Crippen LogP contribution in [-0.2, 0) is 0 Å². The largest absolute Gasteiger partial charge is 0.391 e. The minimum atomic E-state index is -0.404. The summed E-state index contributed by atoms with van der Waals surface area (Å²) in [6, 6.07) is 7.70. The highest BCUT2D eigenvalue weighted by Crippen LogP contribution is 2.17. The van der Waals surface area contributed by atoms with Gasteiger partial charge < -0.3 is 10.0 Å². The molecule has 2 heterocycles. The lowest BCUT2D eigenvalue weighted by molar-refractivity contribution is 0.0765. The van der Waals surface area contributed by atoms with Crippen LogP contribution in [0.2, 0.25) is 0 Å². The van der Waals surface area contributed by atoms with Gasteiger partial charge in [0.1, 0.15) is 0 Å². The van der Waals surface area contributed by atoms with E-state index in [1.807, 2.05) is 24.3 Å². The fourth-order valence-corrected chi connectivity index (χ4v) is 2.69. The Balaban J connectivity index is 1.81.